The molecule has 2 unspecified atom stereocenters. The van der Waals surface area contributed by atoms with E-state index in [1.165, 1.54) is 0 Å². The number of Topliss-reactive ketones (excluding diaryl/α,β-unsaturated/α-hetero) is 1. The maximum absolute atomic E-state index is 12.6. The van der Waals surface area contributed by atoms with Gasteiger partial charge in [0.1, 0.15) is 0 Å². The Morgan fingerprint density at radius 2 is 1.81 bits per heavy atom. The first-order chi connectivity index (χ1) is 9.91. The molecule has 0 aromatic heterocycles. The molecular weight excluding hydrogens is 348 g/mol. The summed E-state index contributed by atoms with van der Waals surface area (Å²) in [4.78, 5) is 13.3. The molecule has 2 rings (SSSR count). The molecule has 2 nitrogen and oxygen atoms in total. The van der Waals surface area contributed by atoms with Crippen molar-refractivity contribution in [3.63, 3.8) is 0 Å². The van der Waals surface area contributed by atoms with Crippen molar-refractivity contribution >= 4 is 32.5 Å². The Kier molecular flexibility index (Phi) is 5.12. The van der Waals surface area contributed by atoms with E-state index >= 15 is 0 Å². The Labute approximate surface area is 136 Å². The predicted octanol–water partition coefficient (Wildman–Crippen LogP) is 4.44. The van der Waals surface area contributed by atoms with E-state index in [1.54, 1.807) is 13.0 Å². The van der Waals surface area contributed by atoms with Crippen molar-refractivity contribution in [1.29, 1.82) is 0 Å². The first-order valence-electron chi connectivity index (χ1n) is 6.68. The summed E-state index contributed by atoms with van der Waals surface area (Å²) in [5, 5.41) is -0.579. The Bertz CT molecular complexity index is 710. The minimum Gasteiger partial charge on any atom is -0.293 e. The second kappa shape index (κ2) is 6.67. The van der Waals surface area contributed by atoms with Crippen LogP contribution in [0.15, 0.2) is 51.8 Å². The summed E-state index contributed by atoms with van der Waals surface area (Å²) < 4.78 is 13.4. The normalized spacial score (nSPS) is 13.7. The molecule has 110 valence electrons. The molecule has 0 saturated carbocycles. The standard InChI is InChI=1S/C17H17BrO2S/c1-11-8-9-12(2)14(10-11)17(19)13(3)21(20)16-7-5-4-6-15(16)18/h4-10,13H,1-3H3. The van der Waals surface area contributed by atoms with Crippen molar-refractivity contribution in [2.24, 2.45) is 0 Å². The number of ketones is 1. The lowest BCUT2D eigenvalue weighted by molar-refractivity contribution is 0.0992. The fraction of sp³-hybridized carbons (Fsp3) is 0.235. The van der Waals surface area contributed by atoms with Gasteiger partial charge in [-0.1, -0.05) is 29.8 Å². The van der Waals surface area contributed by atoms with Gasteiger partial charge in [-0.05, 0) is 60.5 Å². The molecule has 21 heavy (non-hydrogen) atoms. The Balaban J connectivity index is 2.33. The summed E-state index contributed by atoms with van der Waals surface area (Å²) in [6.07, 6.45) is 0. The molecule has 0 aliphatic heterocycles. The Morgan fingerprint density at radius 1 is 1.14 bits per heavy atom. The third-order valence-electron chi connectivity index (χ3n) is 3.40. The zero-order chi connectivity index (χ0) is 15.6. The van der Waals surface area contributed by atoms with E-state index in [1.807, 2.05) is 50.2 Å². The number of carbonyl (C=O) groups is 1. The van der Waals surface area contributed by atoms with Gasteiger partial charge in [0.25, 0.3) is 0 Å². The lowest BCUT2D eigenvalue weighted by atomic mass is 10.0. The summed E-state index contributed by atoms with van der Waals surface area (Å²) in [6.45, 7) is 5.58. The van der Waals surface area contributed by atoms with Crippen LogP contribution >= 0.6 is 15.9 Å². The Hall–Kier alpha value is -1.26. The van der Waals surface area contributed by atoms with Crippen molar-refractivity contribution in [1.82, 2.24) is 0 Å². The van der Waals surface area contributed by atoms with E-state index in [-0.39, 0.29) is 5.78 Å². The molecular formula is C17H17BrO2S. The SMILES string of the molecule is Cc1ccc(C)c(C(=O)C(C)S(=O)c2ccccc2Br)c1. The van der Waals surface area contributed by atoms with Crippen LogP contribution in [0.2, 0.25) is 0 Å². The zero-order valence-electron chi connectivity index (χ0n) is 12.2. The summed E-state index contributed by atoms with van der Waals surface area (Å²) >= 11 is 3.39. The van der Waals surface area contributed by atoms with Gasteiger partial charge in [0.15, 0.2) is 5.78 Å². The van der Waals surface area contributed by atoms with Crippen LogP contribution in [0.1, 0.15) is 28.4 Å². The van der Waals surface area contributed by atoms with Gasteiger partial charge in [-0.2, -0.15) is 0 Å². The molecule has 2 atom stereocenters. The molecule has 0 bridgehead atoms. The molecule has 2 aromatic rings. The lowest BCUT2D eigenvalue weighted by Crippen LogP contribution is -2.24. The monoisotopic (exact) mass is 364 g/mol. The van der Waals surface area contributed by atoms with E-state index in [4.69, 9.17) is 0 Å². The third kappa shape index (κ3) is 3.50. The van der Waals surface area contributed by atoms with E-state index in [2.05, 4.69) is 15.9 Å². The Morgan fingerprint density at radius 3 is 2.48 bits per heavy atom. The molecule has 0 radical (unpaired) electrons. The fourth-order valence-corrected chi connectivity index (χ4v) is 4.05. The molecule has 2 aromatic carbocycles. The van der Waals surface area contributed by atoms with Gasteiger partial charge in [-0.25, -0.2) is 0 Å². The van der Waals surface area contributed by atoms with Crippen molar-refractivity contribution in [2.75, 3.05) is 0 Å². The summed E-state index contributed by atoms with van der Waals surface area (Å²) in [5.41, 5.74) is 2.60. The van der Waals surface area contributed by atoms with Crippen LogP contribution in [0.5, 0.6) is 0 Å². The highest BCUT2D eigenvalue weighted by molar-refractivity contribution is 9.10. The average Bonchev–Trinajstić information content (AvgIpc) is 2.48. The largest absolute Gasteiger partial charge is 0.293 e. The van der Waals surface area contributed by atoms with Crippen LogP contribution in [-0.4, -0.2) is 15.2 Å². The van der Waals surface area contributed by atoms with Crippen molar-refractivity contribution in [2.45, 2.75) is 30.9 Å². The number of carbonyl (C=O) groups excluding carboxylic acids is 1. The summed E-state index contributed by atoms with van der Waals surface area (Å²) in [5.74, 6) is -0.0784. The maximum atomic E-state index is 12.6. The summed E-state index contributed by atoms with van der Waals surface area (Å²) in [6, 6.07) is 13.1. The molecule has 0 aliphatic rings. The molecule has 0 N–H and O–H groups in total. The highest BCUT2D eigenvalue weighted by Crippen LogP contribution is 2.24. The van der Waals surface area contributed by atoms with E-state index in [9.17, 15) is 9.00 Å². The van der Waals surface area contributed by atoms with Crippen molar-refractivity contribution in [3.8, 4) is 0 Å². The first kappa shape index (κ1) is 16.1. The zero-order valence-corrected chi connectivity index (χ0v) is 14.6. The van der Waals surface area contributed by atoms with Crippen LogP contribution < -0.4 is 0 Å². The number of aryl methyl sites for hydroxylation is 2. The average molecular weight is 365 g/mol. The van der Waals surface area contributed by atoms with Crippen LogP contribution in [0.3, 0.4) is 0 Å². The van der Waals surface area contributed by atoms with E-state index in [0.717, 1.165) is 15.6 Å². The lowest BCUT2D eigenvalue weighted by Gasteiger charge is -2.14. The minimum absolute atomic E-state index is 0.0784. The van der Waals surface area contributed by atoms with Crippen molar-refractivity contribution < 1.29 is 9.00 Å². The quantitative estimate of drug-likeness (QED) is 0.751. The number of benzene rings is 2. The van der Waals surface area contributed by atoms with Gasteiger partial charge in [0.05, 0.1) is 20.9 Å². The van der Waals surface area contributed by atoms with Gasteiger partial charge < -0.3 is 0 Å². The van der Waals surface area contributed by atoms with E-state index < -0.39 is 16.0 Å². The highest BCUT2D eigenvalue weighted by atomic mass is 79.9. The van der Waals surface area contributed by atoms with Crippen LogP contribution in [0.4, 0.5) is 0 Å². The molecule has 0 amide bonds. The second-order valence-electron chi connectivity index (χ2n) is 5.05. The van der Waals surface area contributed by atoms with Gasteiger partial charge >= 0.3 is 0 Å². The van der Waals surface area contributed by atoms with Crippen LogP contribution in [0, 0.1) is 13.8 Å². The first-order valence-corrected chi connectivity index (χ1v) is 8.69. The molecule has 4 heteroatoms. The number of rotatable bonds is 4. The fourth-order valence-electron chi connectivity index (χ4n) is 2.12. The minimum atomic E-state index is -1.38. The molecule has 0 spiro atoms. The molecule has 0 aliphatic carbocycles. The van der Waals surface area contributed by atoms with Gasteiger partial charge in [0, 0.05) is 10.0 Å². The molecule has 0 saturated heterocycles. The summed E-state index contributed by atoms with van der Waals surface area (Å²) in [7, 11) is -1.38. The molecule has 0 heterocycles. The highest BCUT2D eigenvalue weighted by Gasteiger charge is 2.25. The van der Waals surface area contributed by atoms with Crippen LogP contribution in [0.25, 0.3) is 0 Å². The third-order valence-corrected chi connectivity index (χ3v) is 6.00. The van der Waals surface area contributed by atoms with Gasteiger partial charge in [-0.15, -0.1) is 0 Å². The van der Waals surface area contributed by atoms with E-state index in [0.29, 0.717) is 10.5 Å². The number of hydrogen-bond acceptors (Lipinski definition) is 2. The van der Waals surface area contributed by atoms with Crippen LogP contribution in [-0.2, 0) is 10.8 Å². The van der Waals surface area contributed by atoms with Crippen molar-refractivity contribution in [3.05, 3.63) is 63.6 Å². The van der Waals surface area contributed by atoms with Gasteiger partial charge in [-0.3, -0.25) is 9.00 Å². The molecule has 0 fully saturated rings. The maximum Gasteiger partial charge on any atom is 0.178 e. The topological polar surface area (TPSA) is 34.1 Å². The smallest absolute Gasteiger partial charge is 0.178 e. The predicted molar refractivity (Wildman–Crippen MR) is 90.3 cm³/mol. The number of halogens is 1. The van der Waals surface area contributed by atoms with Gasteiger partial charge in [0.2, 0.25) is 0 Å². The second-order valence-corrected chi connectivity index (χ2v) is 7.65. The number of hydrogen-bond donors (Lipinski definition) is 0.